The molecule has 0 bridgehead atoms. The molecule has 27 heavy (non-hydrogen) atoms. The molecule has 6 nitrogen and oxygen atoms in total. The Bertz CT molecular complexity index is 918. The lowest BCUT2D eigenvalue weighted by Gasteiger charge is -2.35. The third-order valence-corrected chi connectivity index (χ3v) is 6.36. The first-order chi connectivity index (χ1) is 13.0. The average Bonchev–Trinajstić information content (AvgIpc) is 2.73. The van der Waals surface area contributed by atoms with E-state index >= 15 is 0 Å². The molecular weight excluding hydrogens is 364 g/mol. The molecule has 0 saturated carbocycles. The molecule has 0 spiro atoms. The maximum absolute atomic E-state index is 13.0. The maximum Gasteiger partial charge on any atom is 0.330 e. The highest BCUT2D eigenvalue weighted by atomic mass is 32.2. The Balaban J connectivity index is 1.72. The van der Waals surface area contributed by atoms with Crippen LogP contribution in [0.5, 0.6) is 0 Å². The zero-order valence-corrected chi connectivity index (χ0v) is 15.9. The lowest BCUT2D eigenvalue weighted by Crippen LogP contribution is -2.48. The molecule has 7 heteroatoms. The summed E-state index contributed by atoms with van der Waals surface area (Å²) in [5, 5.41) is 0. The largest absolute Gasteiger partial charge is 0.466 e. The van der Waals surface area contributed by atoms with Gasteiger partial charge in [-0.05, 0) is 35.9 Å². The van der Waals surface area contributed by atoms with Crippen LogP contribution in [0, 0.1) is 0 Å². The Morgan fingerprint density at radius 2 is 1.70 bits per heavy atom. The highest BCUT2D eigenvalue weighted by Crippen LogP contribution is 2.22. The molecule has 0 aliphatic carbocycles. The van der Waals surface area contributed by atoms with Crippen LogP contribution in [0.15, 0.2) is 65.6 Å². The number of sulfonamides is 1. The standard InChI is InChI=1S/C20H22N2O4S/c1-26-20(23)11-10-17-6-5-9-19(16-17)27(24,25)22-14-12-21(13-15-22)18-7-3-2-4-8-18/h2-11,16H,12-15H2,1H3/b11-10+. The summed E-state index contributed by atoms with van der Waals surface area (Å²) in [6, 6.07) is 16.5. The Hall–Kier alpha value is -2.64. The lowest BCUT2D eigenvalue weighted by molar-refractivity contribution is -0.134. The molecule has 0 amide bonds. The van der Waals surface area contributed by atoms with Crippen LogP contribution in [0.2, 0.25) is 0 Å². The minimum atomic E-state index is -3.58. The quantitative estimate of drug-likeness (QED) is 0.583. The van der Waals surface area contributed by atoms with Crippen molar-refractivity contribution in [2.75, 3.05) is 38.2 Å². The van der Waals surface area contributed by atoms with Gasteiger partial charge in [-0.3, -0.25) is 0 Å². The van der Waals surface area contributed by atoms with E-state index in [1.807, 2.05) is 30.3 Å². The Morgan fingerprint density at radius 1 is 1.00 bits per heavy atom. The summed E-state index contributed by atoms with van der Waals surface area (Å²) in [6.45, 7) is 2.15. The van der Waals surface area contributed by atoms with Crippen molar-refractivity contribution in [2.24, 2.45) is 0 Å². The van der Waals surface area contributed by atoms with E-state index in [1.54, 1.807) is 24.3 Å². The first-order valence-corrected chi connectivity index (χ1v) is 10.1. The number of methoxy groups -OCH3 is 1. The number of carbonyl (C=O) groups is 1. The van der Waals surface area contributed by atoms with Crippen molar-refractivity contribution in [3.8, 4) is 0 Å². The van der Waals surface area contributed by atoms with E-state index in [4.69, 9.17) is 0 Å². The van der Waals surface area contributed by atoms with E-state index in [2.05, 4.69) is 9.64 Å². The molecule has 2 aromatic carbocycles. The summed E-state index contributed by atoms with van der Waals surface area (Å²) >= 11 is 0. The maximum atomic E-state index is 13.0. The fraction of sp³-hybridized carbons (Fsp3) is 0.250. The first kappa shape index (κ1) is 19.1. The Morgan fingerprint density at radius 3 is 2.37 bits per heavy atom. The number of benzene rings is 2. The molecule has 3 rings (SSSR count). The number of esters is 1. The van der Waals surface area contributed by atoms with Crippen LogP contribution in [-0.4, -0.2) is 52.0 Å². The first-order valence-electron chi connectivity index (χ1n) is 8.67. The second kappa shape index (κ2) is 8.37. The molecular formula is C20H22N2O4S. The molecule has 0 radical (unpaired) electrons. The topological polar surface area (TPSA) is 66.9 Å². The summed E-state index contributed by atoms with van der Waals surface area (Å²) in [5.74, 6) is -0.486. The van der Waals surface area contributed by atoms with Crippen molar-refractivity contribution in [3.05, 3.63) is 66.2 Å². The van der Waals surface area contributed by atoms with Gasteiger partial charge in [-0.2, -0.15) is 4.31 Å². The Kier molecular flexibility index (Phi) is 5.93. The number of hydrogen-bond acceptors (Lipinski definition) is 5. The number of nitrogens with zero attached hydrogens (tertiary/aromatic N) is 2. The van der Waals surface area contributed by atoms with Gasteiger partial charge >= 0.3 is 5.97 Å². The zero-order valence-electron chi connectivity index (χ0n) is 15.1. The molecule has 1 heterocycles. The van der Waals surface area contributed by atoms with Gasteiger partial charge in [0.15, 0.2) is 0 Å². The van der Waals surface area contributed by atoms with Crippen molar-refractivity contribution in [1.29, 1.82) is 0 Å². The molecule has 2 aromatic rings. The third kappa shape index (κ3) is 4.56. The SMILES string of the molecule is COC(=O)/C=C/c1cccc(S(=O)(=O)N2CCN(c3ccccc3)CC2)c1. The highest BCUT2D eigenvalue weighted by molar-refractivity contribution is 7.89. The van der Waals surface area contributed by atoms with E-state index in [-0.39, 0.29) is 4.90 Å². The van der Waals surface area contributed by atoms with E-state index in [1.165, 1.54) is 23.6 Å². The van der Waals surface area contributed by atoms with Gasteiger partial charge in [0.2, 0.25) is 10.0 Å². The van der Waals surface area contributed by atoms with Gasteiger partial charge in [0.1, 0.15) is 0 Å². The summed E-state index contributed by atoms with van der Waals surface area (Å²) < 4.78 is 32.0. The number of para-hydroxylation sites is 1. The predicted molar refractivity (Wildman–Crippen MR) is 105 cm³/mol. The highest BCUT2D eigenvalue weighted by Gasteiger charge is 2.28. The molecule has 1 saturated heterocycles. The number of carbonyl (C=O) groups excluding carboxylic acids is 1. The molecule has 0 atom stereocenters. The van der Waals surface area contributed by atoms with Gasteiger partial charge in [0, 0.05) is 37.9 Å². The van der Waals surface area contributed by atoms with Gasteiger partial charge in [0.05, 0.1) is 12.0 Å². The third-order valence-electron chi connectivity index (χ3n) is 4.47. The molecule has 1 aliphatic heterocycles. The average molecular weight is 386 g/mol. The lowest BCUT2D eigenvalue weighted by atomic mass is 10.2. The number of hydrogen-bond donors (Lipinski definition) is 0. The van der Waals surface area contributed by atoms with Crippen molar-refractivity contribution in [2.45, 2.75) is 4.90 Å². The summed E-state index contributed by atoms with van der Waals surface area (Å²) in [6.07, 6.45) is 2.81. The molecule has 0 N–H and O–H groups in total. The zero-order chi connectivity index (χ0) is 19.3. The van der Waals surface area contributed by atoms with Crippen molar-refractivity contribution in [1.82, 2.24) is 4.31 Å². The van der Waals surface area contributed by atoms with Gasteiger partial charge in [0.25, 0.3) is 0 Å². The minimum Gasteiger partial charge on any atom is -0.466 e. The van der Waals surface area contributed by atoms with Crippen molar-refractivity contribution < 1.29 is 17.9 Å². The predicted octanol–water partition coefficient (Wildman–Crippen LogP) is 2.38. The van der Waals surface area contributed by atoms with E-state index in [9.17, 15) is 13.2 Å². The normalized spacial score (nSPS) is 15.8. The van der Waals surface area contributed by atoms with Gasteiger partial charge < -0.3 is 9.64 Å². The van der Waals surface area contributed by atoms with Crippen LogP contribution in [-0.2, 0) is 19.6 Å². The summed E-state index contributed by atoms with van der Waals surface area (Å²) in [7, 11) is -2.28. The van der Waals surface area contributed by atoms with Crippen molar-refractivity contribution >= 4 is 27.8 Å². The van der Waals surface area contributed by atoms with Gasteiger partial charge in [-0.1, -0.05) is 30.3 Å². The molecule has 0 aromatic heterocycles. The number of rotatable bonds is 5. The van der Waals surface area contributed by atoms with Crippen LogP contribution >= 0.6 is 0 Å². The number of ether oxygens (including phenoxy) is 1. The van der Waals surface area contributed by atoms with E-state index in [0.717, 1.165) is 5.69 Å². The van der Waals surface area contributed by atoms with Gasteiger partial charge in [-0.25, -0.2) is 13.2 Å². The van der Waals surface area contributed by atoms with Gasteiger partial charge in [-0.15, -0.1) is 0 Å². The molecule has 0 unspecified atom stereocenters. The summed E-state index contributed by atoms with van der Waals surface area (Å²) in [4.78, 5) is 13.6. The number of anilines is 1. The van der Waals surface area contributed by atoms with Crippen LogP contribution in [0.1, 0.15) is 5.56 Å². The monoisotopic (exact) mass is 386 g/mol. The smallest absolute Gasteiger partial charge is 0.330 e. The van der Waals surface area contributed by atoms with E-state index < -0.39 is 16.0 Å². The summed E-state index contributed by atoms with van der Waals surface area (Å²) in [5.41, 5.74) is 1.73. The molecule has 142 valence electrons. The number of piperazine rings is 1. The molecule has 1 aliphatic rings. The Labute approximate surface area is 159 Å². The fourth-order valence-corrected chi connectivity index (χ4v) is 4.46. The van der Waals surface area contributed by atoms with Crippen LogP contribution < -0.4 is 4.90 Å². The fourth-order valence-electron chi connectivity index (χ4n) is 2.99. The second-order valence-electron chi connectivity index (χ2n) is 6.16. The van der Waals surface area contributed by atoms with Crippen LogP contribution in [0.3, 0.4) is 0 Å². The second-order valence-corrected chi connectivity index (χ2v) is 8.09. The molecule has 1 fully saturated rings. The van der Waals surface area contributed by atoms with Crippen molar-refractivity contribution in [3.63, 3.8) is 0 Å². The van der Waals surface area contributed by atoms with Crippen LogP contribution in [0.4, 0.5) is 5.69 Å². The minimum absolute atomic E-state index is 0.225. The van der Waals surface area contributed by atoms with E-state index in [0.29, 0.717) is 31.7 Å². The van der Waals surface area contributed by atoms with Crippen LogP contribution in [0.25, 0.3) is 6.08 Å².